The lowest BCUT2D eigenvalue weighted by Gasteiger charge is -2.38. The molecule has 2 aromatic rings. The third-order valence-electron chi connectivity index (χ3n) is 10.2. The van der Waals surface area contributed by atoms with Crippen molar-refractivity contribution in [2.75, 3.05) is 12.4 Å². The number of Topliss-reactive ketones (excluding diaryl/α,β-unsaturated/α-hetero) is 1. The van der Waals surface area contributed by atoms with Gasteiger partial charge in [-0.3, -0.25) is 19.2 Å². The molecule has 0 saturated heterocycles. The number of aliphatic hydroxyl groups excluding tert-OH is 2. The zero-order valence-corrected chi connectivity index (χ0v) is 30.6. The number of rotatable bonds is 3. The van der Waals surface area contributed by atoms with Crippen LogP contribution in [-0.4, -0.2) is 86.8 Å². The first-order chi connectivity index (χ1) is 24.3. The summed E-state index contributed by atoms with van der Waals surface area (Å²) < 4.78 is 23.1. The van der Waals surface area contributed by atoms with Gasteiger partial charge in [-0.25, -0.2) is 0 Å². The van der Waals surface area contributed by atoms with Crippen LogP contribution in [0.3, 0.4) is 0 Å². The summed E-state index contributed by atoms with van der Waals surface area (Å²) in [6.07, 6.45) is 3.41. The Kier molecular flexibility index (Phi) is 11.8. The van der Waals surface area contributed by atoms with Crippen LogP contribution in [0.25, 0.3) is 10.8 Å². The molecule has 0 aliphatic carbocycles. The van der Waals surface area contributed by atoms with Crippen LogP contribution in [-0.2, 0) is 23.8 Å². The molecule has 5 rings (SSSR count). The van der Waals surface area contributed by atoms with Gasteiger partial charge in [0.05, 0.1) is 46.8 Å². The maximum absolute atomic E-state index is 14.0. The number of nitrogens with one attached hydrogen (secondary N) is 1. The lowest BCUT2D eigenvalue weighted by molar-refractivity contribution is -0.160. The van der Waals surface area contributed by atoms with Crippen LogP contribution in [0, 0.1) is 30.6 Å². The van der Waals surface area contributed by atoms with Gasteiger partial charge in [-0.1, -0.05) is 45.9 Å². The van der Waals surface area contributed by atoms with Gasteiger partial charge in [-0.15, -0.1) is 0 Å². The van der Waals surface area contributed by atoms with E-state index in [-0.39, 0.29) is 28.7 Å². The number of benzene rings is 2. The molecule has 0 radical (unpaired) electrons. The van der Waals surface area contributed by atoms with E-state index in [1.807, 2.05) is 0 Å². The van der Waals surface area contributed by atoms with Gasteiger partial charge in [-0.2, -0.15) is 0 Å². The van der Waals surface area contributed by atoms with Gasteiger partial charge in [0.1, 0.15) is 23.4 Å². The fourth-order valence-electron chi connectivity index (χ4n) is 6.86. The summed E-state index contributed by atoms with van der Waals surface area (Å²) in [6, 6.07) is 0. The number of amides is 1. The summed E-state index contributed by atoms with van der Waals surface area (Å²) in [4.78, 5) is 51.8. The van der Waals surface area contributed by atoms with E-state index < -0.39 is 111 Å². The number of aldehydes is 1. The predicted molar refractivity (Wildman–Crippen MR) is 189 cm³/mol. The predicted octanol–water partition coefficient (Wildman–Crippen LogP) is 4.57. The molecule has 14 heteroatoms. The average molecular weight is 726 g/mol. The second kappa shape index (κ2) is 15.4. The molecule has 0 unspecified atom stereocenters. The highest BCUT2D eigenvalue weighted by Gasteiger charge is 2.50. The Labute approximate surface area is 301 Å². The number of phenolic OH excluding ortho intramolecular Hbond substituents is 3. The van der Waals surface area contributed by atoms with Crippen molar-refractivity contribution >= 4 is 40.4 Å². The number of aliphatic hydroxyl groups is 2. The van der Waals surface area contributed by atoms with Crippen molar-refractivity contribution < 1.29 is 63.7 Å². The number of anilines is 1. The number of fused-ring (bicyclic) bond motifs is 14. The van der Waals surface area contributed by atoms with Crippen molar-refractivity contribution in [1.29, 1.82) is 0 Å². The first-order valence-electron chi connectivity index (χ1n) is 16.9. The van der Waals surface area contributed by atoms with E-state index in [2.05, 4.69) is 5.32 Å². The average Bonchev–Trinajstić information content (AvgIpc) is 3.36. The number of carbonyl (C=O) groups excluding carboxylic acids is 4. The highest BCUT2D eigenvalue weighted by Crippen LogP contribution is 2.55. The molecule has 3 heterocycles. The molecule has 0 spiro atoms. The van der Waals surface area contributed by atoms with E-state index in [1.165, 1.54) is 53.0 Å². The fourth-order valence-corrected chi connectivity index (χ4v) is 6.86. The number of hydrogen-bond acceptors (Lipinski definition) is 13. The second-order valence-corrected chi connectivity index (χ2v) is 13.7. The van der Waals surface area contributed by atoms with E-state index in [0.29, 0.717) is 0 Å². The fraction of sp³-hybridized carbons (Fsp3) is 0.474. The zero-order valence-electron chi connectivity index (χ0n) is 30.6. The van der Waals surface area contributed by atoms with Crippen LogP contribution < -0.4 is 10.1 Å². The Morgan fingerprint density at radius 2 is 1.60 bits per heavy atom. The largest absolute Gasteiger partial charge is 0.507 e. The van der Waals surface area contributed by atoms with Gasteiger partial charge in [0, 0.05) is 61.2 Å². The Balaban J connectivity index is 1.93. The molecule has 9 atom stereocenters. The summed E-state index contributed by atoms with van der Waals surface area (Å²) in [5, 5.41) is 58.2. The number of ether oxygens (including phenoxy) is 4. The molecule has 0 aromatic heterocycles. The maximum atomic E-state index is 14.0. The number of phenols is 3. The van der Waals surface area contributed by atoms with Gasteiger partial charge in [-0.05, 0) is 19.9 Å². The molecule has 14 nitrogen and oxygen atoms in total. The molecule has 282 valence electrons. The van der Waals surface area contributed by atoms with Gasteiger partial charge < -0.3 is 49.8 Å². The molecule has 0 saturated carbocycles. The first-order valence-corrected chi connectivity index (χ1v) is 16.9. The van der Waals surface area contributed by atoms with E-state index in [4.69, 9.17) is 18.9 Å². The monoisotopic (exact) mass is 725 g/mol. The number of hydrogen-bond donors (Lipinski definition) is 6. The third kappa shape index (κ3) is 7.10. The Bertz CT molecular complexity index is 1860. The smallest absolute Gasteiger partial charge is 0.312 e. The molecule has 0 fully saturated rings. The van der Waals surface area contributed by atoms with Crippen LogP contribution in [0.5, 0.6) is 23.0 Å². The lowest BCUT2D eigenvalue weighted by atomic mass is 9.78. The molecule has 5 bridgehead atoms. The van der Waals surface area contributed by atoms with Gasteiger partial charge in [0.25, 0.3) is 11.7 Å². The summed E-state index contributed by atoms with van der Waals surface area (Å²) in [6.45, 7) is 12.2. The van der Waals surface area contributed by atoms with Gasteiger partial charge >= 0.3 is 11.8 Å². The van der Waals surface area contributed by atoms with E-state index in [0.717, 1.165) is 6.26 Å². The van der Waals surface area contributed by atoms with Crippen molar-refractivity contribution in [3.63, 3.8) is 0 Å². The van der Waals surface area contributed by atoms with Crippen LogP contribution in [0.1, 0.15) is 74.7 Å². The SMILES string of the molecule is CO[C@H]1/C=C\O[C@]2(C)Oc3c(C)c(O)c4c(O)c(c(C=O)c(O)c4c3C2=O)NC(=O)/C(C)=C\C=C/[C@H](C)[C@H](O)[C@@H](C)[C@@H](O)[C@@H](C)[C@H](OC(C)=O)[C@@H]1C. The second-order valence-electron chi connectivity index (χ2n) is 13.7. The minimum Gasteiger partial charge on any atom is -0.507 e. The van der Waals surface area contributed by atoms with Crippen molar-refractivity contribution in [1.82, 2.24) is 0 Å². The number of carbonyl (C=O) groups is 4. The summed E-state index contributed by atoms with van der Waals surface area (Å²) in [7, 11) is 1.41. The topological polar surface area (TPSA) is 218 Å². The zero-order chi connectivity index (χ0) is 39.0. The number of aromatic hydroxyl groups is 3. The van der Waals surface area contributed by atoms with Gasteiger partial charge in [0.15, 0.2) is 12.0 Å². The standard InChI is InChI=1S/C38H47NO13/c1-16-11-10-12-17(2)37(48)39-28-23(15-40)32(45)25-26(33(28)46)31(44)21(6)35-27(25)36(47)38(8,52-35)50-14-13-24(49-9)18(3)34(51-22(7)41)20(5)30(43)19(4)29(16)42/h10-16,18-20,24,29-30,34,42-46H,1-9H3,(H,39,48)/b11-10-,14-13-,17-12-/t16-,18+,19+,20+,24-,29-,30+,34+,38+/m0/s1. The quantitative estimate of drug-likeness (QED) is 0.111. The number of methoxy groups -OCH3 is 1. The van der Waals surface area contributed by atoms with E-state index in [1.54, 1.807) is 33.8 Å². The van der Waals surface area contributed by atoms with E-state index in [9.17, 15) is 44.7 Å². The molecule has 52 heavy (non-hydrogen) atoms. The van der Waals surface area contributed by atoms with Crippen molar-refractivity contribution in [2.45, 2.75) is 85.6 Å². The molecular formula is C38H47NO13. The van der Waals surface area contributed by atoms with Crippen molar-refractivity contribution in [3.8, 4) is 23.0 Å². The maximum Gasteiger partial charge on any atom is 0.312 e. The third-order valence-corrected chi connectivity index (χ3v) is 10.2. The molecule has 6 N–H and O–H groups in total. The van der Waals surface area contributed by atoms with Crippen LogP contribution in [0.15, 0.2) is 36.1 Å². The minimum absolute atomic E-state index is 0.00425. The van der Waals surface area contributed by atoms with Crippen molar-refractivity contribution in [3.05, 3.63) is 52.8 Å². The number of esters is 1. The Hall–Kier alpha value is -4.92. The Morgan fingerprint density at radius 1 is 0.942 bits per heavy atom. The normalized spacial score (nSPS) is 32.3. The van der Waals surface area contributed by atoms with E-state index >= 15 is 0 Å². The van der Waals surface area contributed by atoms with Crippen LogP contribution >= 0.6 is 0 Å². The molecule has 2 aromatic carbocycles. The summed E-state index contributed by atoms with van der Waals surface area (Å²) in [5.74, 6) is -9.19. The number of ketones is 1. The lowest BCUT2D eigenvalue weighted by Crippen LogP contribution is -2.46. The molecule has 3 aliphatic rings. The summed E-state index contributed by atoms with van der Waals surface area (Å²) >= 11 is 0. The highest BCUT2D eigenvalue weighted by molar-refractivity contribution is 6.23. The molecular weight excluding hydrogens is 678 g/mol. The van der Waals surface area contributed by atoms with Gasteiger partial charge in [0.2, 0.25) is 0 Å². The van der Waals surface area contributed by atoms with Crippen LogP contribution in [0.2, 0.25) is 0 Å². The Morgan fingerprint density at radius 3 is 2.19 bits per heavy atom. The van der Waals surface area contributed by atoms with Crippen molar-refractivity contribution in [2.24, 2.45) is 23.7 Å². The molecule has 1 amide bonds. The first kappa shape index (κ1) is 39.9. The minimum atomic E-state index is -2.08. The highest BCUT2D eigenvalue weighted by atomic mass is 16.7. The summed E-state index contributed by atoms with van der Waals surface area (Å²) in [5.41, 5.74) is -1.27. The van der Waals surface area contributed by atoms with Crippen LogP contribution in [0.4, 0.5) is 5.69 Å². The molecule has 3 aliphatic heterocycles. The number of allylic oxidation sites excluding steroid dienone is 2.